The minimum atomic E-state index is -0.523. The van der Waals surface area contributed by atoms with Crippen LogP contribution in [0.3, 0.4) is 0 Å². The Hall–Kier alpha value is -3.49. The summed E-state index contributed by atoms with van der Waals surface area (Å²) in [6.45, 7) is 1.35. The number of anilines is 2. The molecule has 1 aromatic carbocycles. The number of hydrogen-bond acceptors (Lipinski definition) is 7. The third-order valence-corrected chi connectivity index (χ3v) is 4.57. The molecular weight excluding hydrogens is 394 g/mol. The van der Waals surface area contributed by atoms with Crippen LogP contribution in [-0.2, 0) is 24.2 Å². The number of aliphatic hydroxyl groups excluding tert-OH is 1. The molecule has 2 heterocycles. The Morgan fingerprint density at radius 3 is 2.58 bits per heavy atom. The van der Waals surface area contributed by atoms with E-state index in [4.69, 9.17) is 10.5 Å². The lowest BCUT2D eigenvalue weighted by atomic mass is 10.1. The second kappa shape index (κ2) is 11.6. The molecule has 1 atom stereocenters. The Kier molecular flexibility index (Phi) is 8.33. The van der Waals surface area contributed by atoms with Crippen LogP contribution < -0.4 is 16.4 Å². The van der Waals surface area contributed by atoms with Crippen molar-refractivity contribution in [2.24, 2.45) is 0 Å². The second-order valence-corrected chi connectivity index (χ2v) is 7.12. The minimum Gasteiger partial charge on any atom is -0.443 e. The fourth-order valence-electron chi connectivity index (χ4n) is 2.93. The summed E-state index contributed by atoms with van der Waals surface area (Å²) < 4.78 is 5.16. The van der Waals surface area contributed by atoms with Crippen LogP contribution in [0.5, 0.6) is 0 Å². The fraction of sp³-hybridized carbons (Fsp3) is 0.261. The highest BCUT2D eigenvalue weighted by Gasteiger charge is 2.07. The van der Waals surface area contributed by atoms with Gasteiger partial charge in [-0.15, -0.1) is 0 Å². The first-order chi connectivity index (χ1) is 15.1. The van der Waals surface area contributed by atoms with Gasteiger partial charge in [0.05, 0.1) is 11.8 Å². The average Bonchev–Trinajstić information content (AvgIpc) is 2.79. The maximum atomic E-state index is 11.9. The molecule has 0 aliphatic carbocycles. The van der Waals surface area contributed by atoms with Gasteiger partial charge in [0.1, 0.15) is 12.4 Å². The van der Waals surface area contributed by atoms with Crippen LogP contribution in [0.1, 0.15) is 16.8 Å². The predicted octanol–water partition coefficient (Wildman–Crippen LogP) is 2.54. The normalized spacial score (nSPS) is 11.6. The summed E-state index contributed by atoms with van der Waals surface area (Å²) in [6, 6.07) is 16.6. The number of pyridine rings is 2. The highest BCUT2D eigenvalue weighted by molar-refractivity contribution is 5.84. The lowest BCUT2D eigenvalue weighted by molar-refractivity contribution is 0.153. The molecule has 0 aliphatic rings. The van der Waals surface area contributed by atoms with E-state index in [0.717, 1.165) is 24.1 Å². The van der Waals surface area contributed by atoms with Crippen molar-refractivity contribution in [3.63, 3.8) is 0 Å². The van der Waals surface area contributed by atoms with Crippen LogP contribution in [0.15, 0.2) is 67.0 Å². The lowest BCUT2D eigenvalue weighted by Crippen LogP contribution is -2.29. The number of nitrogen functional groups attached to an aromatic ring is 1. The largest absolute Gasteiger partial charge is 0.443 e. The number of aromatic nitrogens is 2. The van der Waals surface area contributed by atoms with Gasteiger partial charge in [0, 0.05) is 31.0 Å². The van der Waals surface area contributed by atoms with Crippen LogP contribution in [0.4, 0.5) is 16.3 Å². The van der Waals surface area contributed by atoms with E-state index in [0.29, 0.717) is 30.2 Å². The summed E-state index contributed by atoms with van der Waals surface area (Å²) in [5.41, 5.74) is 8.99. The maximum Gasteiger partial charge on any atom is 0.412 e. The number of nitrogens with zero attached hydrogens (tertiary/aromatic N) is 2. The van der Waals surface area contributed by atoms with Crippen molar-refractivity contribution in [1.29, 1.82) is 0 Å². The topological polar surface area (TPSA) is 122 Å². The van der Waals surface area contributed by atoms with Gasteiger partial charge < -0.3 is 20.9 Å². The third-order valence-electron chi connectivity index (χ3n) is 4.57. The number of aliphatic hydroxyl groups is 1. The zero-order valence-electron chi connectivity index (χ0n) is 17.2. The van der Waals surface area contributed by atoms with Crippen molar-refractivity contribution in [2.45, 2.75) is 25.6 Å². The smallest absolute Gasteiger partial charge is 0.412 e. The first-order valence-electron chi connectivity index (χ1n) is 10.1. The number of ether oxygens (including phenoxy) is 1. The SMILES string of the molecule is Nc1ccc(C[C@@H](O)CNCCc2ccc(NC(=O)OCc3ccccn3)cc2)cn1. The number of amides is 1. The first-order valence-corrected chi connectivity index (χ1v) is 10.1. The van der Waals surface area contributed by atoms with E-state index in [-0.39, 0.29) is 6.61 Å². The summed E-state index contributed by atoms with van der Waals surface area (Å²) in [4.78, 5) is 20.0. The van der Waals surface area contributed by atoms with Gasteiger partial charge in [-0.1, -0.05) is 24.3 Å². The predicted molar refractivity (Wildman–Crippen MR) is 119 cm³/mol. The molecule has 0 fully saturated rings. The van der Waals surface area contributed by atoms with Gasteiger partial charge in [0.25, 0.3) is 0 Å². The number of carbonyl (C=O) groups is 1. The van der Waals surface area contributed by atoms with Crippen molar-refractivity contribution in [1.82, 2.24) is 15.3 Å². The minimum absolute atomic E-state index is 0.122. The van der Waals surface area contributed by atoms with Crippen LogP contribution in [0, 0.1) is 0 Å². The number of nitrogens with two attached hydrogens (primary N) is 1. The standard InChI is InChI=1S/C23H27N5O3/c24-22-9-6-18(14-27-22)13-21(29)15-25-12-10-17-4-7-19(8-5-17)28-23(30)31-16-20-3-1-2-11-26-20/h1-9,11,14,21,25,29H,10,12-13,15-16H2,(H2,24,27)(H,28,30)/t21-/m1/s1. The van der Waals surface area contributed by atoms with Crippen LogP contribution in [-0.4, -0.2) is 40.4 Å². The molecule has 3 aromatic rings. The summed E-state index contributed by atoms with van der Waals surface area (Å²) in [5.74, 6) is 0.471. The van der Waals surface area contributed by atoms with E-state index in [1.807, 2.05) is 42.5 Å². The zero-order valence-corrected chi connectivity index (χ0v) is 17.2. The molecule has 0 spiro atoms. The molecule has 0 unspecified atom stereocenters. The van der Waals surface area contributed by atoms with Gasteiger partial charge in [-0.05, 0) is 54.4 Å². The van der Waals surface area contributed by atoms with Crippen LogP contribution in [0.25, 0.3) is 0 Å². The molecule has 8 heteroatoms. The van der Waals surface area contributed by atoms with E-state index in [2.05, 4.69) is 20.6 Å². The Bertz CT molecular complexity index is 934. The number of nitrogens with one attached hydrogen (secondary N) is 2. The Balaban J connectivity index is 1.32. The molecule has 162 valence electrons. The Labute approximate surface area is 181 Å². The molecule has 8 nitrogen and oxygen atoms in total. The van der Waals surface area contributed by atoms with Crippen molar-refractivity contribution >= 4 is 17.6 Å². The Morgan fingerprint density at radius 1 is 1.06 bits per heavy atom. The zero-order chi connectivity index (χ0) is 21.9. The highest BCUT2D eigenvalue weighted by Crippen LogP contribution is 2.11. The maximum absolute atomic E-state index is 11.9. The van der Waals surface area contributed by atoms with Gasteiger partial charge in [0.15, 0.2) is 0 Å². The summed E-state index contributed by atoms with van der Waals surface area (Å²) >= 11 is 0. The van der Waals surface area contributed by atoms with Gasteiger partial charge in [-0.3, -0.25) is 10.3 Å². The van der Waals surface area contributed by atoms with E-state index in [9.17, 15) is 9.90 Å². The number of benzene rings is 1. The molecular formula is C23H27N5O3. The summed E-state index contributed by atoms with van der Waals surface area (Å²) in [6.07, 6.45) is 3.65. The van der Waals surface area contributed by atoms with Gasteiger partial charge in [-0.2, -0.15) is 0 Å². The molecule has 0 bridgehead atoms. The number of rotatable bonds is 10. The summed E-state index contributed by atoms with van der Waals surface area (Å²) in [7, 11) is 0. The van der Waals surface area contributed by atoms with Crippen LogP contribution >= 0.6 is 0 Å². The lowest BCUT2D eigenvalue weighted by Gasteiger charge is -2.12. The second-order valence-electron chi connectivity index (χ2n) is 7.12. The molecule has 1 amide bonds. The van der Waals surface area contributed by atoms with Crippen molar-refractivity contribution < 1.29 is 14.6 Å². The number of carbonyl (C=O) groups excluding carboxylic acids is 1. The summed E-state index contributed by atoms with van der Waals surface area (Å²) in [5, 5.41) is 16.1. The molecule has 0 saturated carbocycles. The fourth-order valence-corrected chi connectivity index (χ4v) is 2.93. The number of hydrogen-bond donors (Lipinski definition) is 4. The molecule has 31 heavy (non-hydrogen) atoms. The Morgan fingerprint density at radius 2 is 1.87 bits per heavy atom. The van der Waals surface area contributed by atoms with E-state index < -0.39 is 12.2 Å². The molecule has 3 rings (SSSR count). The van der Waals surface area contributed by atoms with E-state index in [1.165, 1.54) is 0 Å². The molecule has 5 N–H and O–H groups in total. The first kappa shape index (κ1) is 22.2. The van der Waals surface area contributed by atoms with Gasteiger partial charge in [-0.25, -0.2) is 9.78 Å². The average molecular weight is 422 g/mol. The quantitative estimate of drug-likeness (QED) is 0.371. The van der Waals surface area contributed by atoms with E-state index >= 15 is 0 Å². The molecule has 0 aliphatic heterocycles. The van der Waals surface area contributed by atoms with Crippen LogP contribution in [0.2, 0.25) is 0 Å². The van der Waals surface area contributed by atoms with Gasteiger partial charge in [0.2, 0.25) is 0 Å². The van der Waals surface area contributed by atoms with Crippen molar-refractivity contribution in [3.8, 4) is 0 Å². The van der Waals surface area contributed by atoms with Gasteiger partial charge >= 0.3 is 6.09 Å². The molecule has 0 radical (unpaired) electrons. The van der Waals surface area contributed by atoms with E-state index in [1.54, 1.807) is 24.5 Å². The monoisotopic (exact) mass is 421 g/mol. The third kappa shape index (κ3) is 8.04. The van der Waals surface area contributed by atoms with Crippen molar-refractivity contribution in [2.75, 3.05) is 24.1 Å². The van der Waals surface area contributed by atoms with Crippen molar-refractivity contribution in [3.05, 3.63) is 83.8 Å². The molecule has 0 saturated heterocycles. The molecule has 2 aromatic heterocycles. The highest BCUT2D eigenvalue weighted by atomic mass is 16.5.